The van der Waals surface area contributed by atoms with Gasteiger partial charge in [-0.15, -0.1) is 0 Å². The first-order chi connectivity index (χ1) is 14.1. The molecule has 1 aliphatic heterocycles. The van der Waals surface area contributed by atoms with E-state index in [2.05, 4.69) is 20.4 Å². The van der Waals surface area contributed by atoms with E-state index in [1.54, 1.807) is 29.4 Å². The van der Waals surface area contributed by atoms with Crippen molar-refractivity contribution in [1.29, 1.82) is 0 Å². The normalized spacial score (nSPS) is 13.8. The number of nitrogens with one attached hydrogen (secondary N) is 1. The summed E-state index contributed by atoms with van der Waals surface area (Å²) in [6.07, 6.45) is 4.60. The average Bonchev–Trinajstić information content (AvgIpc) is 3.23. The molecule has 3 aromatic heterocycles. The summed E-state index contributed by atoms with van der Waals surface area (Å²) in [7, 11) is 0. The Hall–Kier alpha value is -3.49. The molecule has 1 aliphatic rings. The molecule has 0 atom stereocenters. The molecule has 0 radical (unpaired) electrons. The summed E-state index contributed by atoms with van der Waals surface area (Å²) >= 11 is 0. The molecule has 2 amide bonds. The summed E-state index contributed by atoms with van der Waals surface area (Å²) in [6.45, 7) is 10.1. The molecule has 4 heterocycles. The van der Waals surface area contributed by atoms with Crippen LogP contribution in [0.3, 0.4) is 0 Å². The molecule has 30 heavy (non-hydrogen) atoms. The third kappa shape index (κ3) is 3.47. The SMILES string of the molecule is CC(C)Oc1nc2c(cc1NC(=O)c1cnn3cccnc13)CN(C(C)(C)C)C2=O. The van der Waals surface area contributed by atoms with Crippen LogP contribution in [0.15, 0.2) is 30.7 Å². The molecule has 9 heteroatoms. The highest BCUT2D eigenvalue weighted by molar-refractivity contribution is 6.09. The number of rotatable bonds is 4. The Labute approximate surface area is 174 Å². The zero-order valence-corrected chi connectivity index (χ0v) is 17.6. The van der Waals surface area contributed by atoms with Gasteiger partial charge < -0.3 is 15.0 Å². The first kappa shape index (κ1) is 19.8. The minimum absolute atomic E-state index is 0.143. The minimum Gasteiger partial charge on any atom is -0.473 e. The van der Waals surface area contributed by atoms with Crippen molar-refractivity contribution in [2.45, 2.75) is 52.8 Å². The van der Waals surface area contributed by atoms with E-state index in [4.69, 9.17) is 4.74 Å². The van der Waals surface area contributed by atoms with E-state index in [1.165, 1.54) is 10.7 Å². The Balaban J connectivity index is 1.71. The van der Waals surface area contributed by atoms with Gasteiger partial charge in [0, 0.05) is 30.0 Å². The number of nitrogens with zero attached hydrogens (tertiary/aromatic N) is 5. The van der Waals surface area contributed by atoms with Crippen molar-refractivity contribution in [3.8, 4) is 5.88 Å². The highest BCUT2D eigenvalue weighted by Gasteiger charge is 2.37. The topological polar surface area (TPSA) is 102 Å². The van der Waals surface area contributed by atoms with Gasteiger partial charge in [0.15, 0.2) is 5.65 Å². The quantitative estimate of drug-likeness (QED) is 0.712. The van der Waals surface area contributed by atoms with Crippen LogP contribution in [0.2, 0.25) is 0 Å². The van der Waals surface area contributed by atoms with Crippen LogP contribution in [0.5, 0.6) is 5.88 Å². The molecular formula is C21H24N6O3. The van der Waals surface area contributed by atoms with E-state index >= 15 is 0 Å². The van der Waals surface area contributed by atoms with Crippen LogP contribution in [0.1, 0.15) is 61.0 Å². The maximum absolute atomic E-state index is 13.0. The average molecular weight is 408 g/mol. The van der Waals surface area contributed by atoms with Crippen molar-refractivity contribution in [3.05, 3.63) is 47.5 Å². The smallest absolute Gasteiger partial charge is 0.273 e. The number of amides is 2. The molecule has 4 rings (SSSR count). The third-order valence-corrected chi connectivity index (χ3v) is 4.77. The Kier molecular flexibility index (Phi) is 4.68. The van der Waals surface area contributed by atoms with Crippen molar-refractivity contribution in [2.75, 3.05) is 5.32 Å². The summed E-state index contributed by atoms with van der Waals surface area (Å²) in [6, 6.07) is 3.50. The fraction of sp³-hybridized carbons (Fsp3) is 0.381. The second kappa shape index (κ2) is 7.08. The first-order valence-electron chi connectivity index (χ1n) is 9.77. The number of hydrogen-bond donors (Lipinski definition) is 1. The predicted molar refractivity (Wildman–Crippen MR) is 111 cm³/mol. The second-order valence-electron chi connectivity index (χ2n) is 8.48. The van der Waals surface area contributed by atoms with Crippen molar-refractivity contribution in [1.82, 2.24) is 24.5 Å². The fourth-order valence-corrected chi connectivity index (χ4v) is 3.34. The van der Waals surface area contributed by atoms with E-state index < -0.39 is 0 Å². The Morgan fingerprint density at radius 1 is 1.30 bits per heavy atom. The van der Waals surface area contributed by atoms with Gasteiger partial charge in [0.25, 0.3) is 11.8 Å². The maximum Gasteiger partial charge on any atom is 0.273 e. The van der Waals surface area contributed by atoms with E-state index in [9.17, 15) is 9.59 Å². The molecule has 0 saturated heterocycles. The van der Waals surface area contributed by atoms with Crippen LogP contribution in [0, 0.1) is 0 Å². The number of hydrogen-bond acceptors (Lipinski definition) is 6. The molecule has 0 saturated carbocycles. The number of pyridine rings is 1. The van der Waals surface area contributed by atoms with E-state index in [0.717, 1.165) is 5.56 Å². The third-order valence-electron chi connectivity index (χ3n) is 4.77. The van der Waals surface area contributed by atoms with Gasteiger partial charge >= 0.3 is 0 Å². The largest absolute Gasteiger partial charge is 0.473 e. The minimum atomic E-state index is -0.379. The van der Waals surface area contributed by atoms with Crippen molar-refractivity contribution >= 4 is 23.1 Å². The maximum atomic E-state index is 13.0. The van der Waals surface area contributed by atoms with E-state index in [-0.39, 0.29) is 29.3 Å². The van der Waals surface area contributed by atoms with Gasteiger partial charge in [-0.2, -0.15) is 5.10 Å². The molecule has 0 spiro atoms. The second-order valence-corrected chi connectivity index (χ2v) is 8.48. The van der Waals surface area contributed by atoms with Crippen LogP contribution < -0.4 is 10.1 Å². The lowest BCUT2D eigenvalue weighted by atomic mass is 10.1. The summed E-state index contributed by atoms with van der Waals surface area (Å²) in [5.74, 6) is -0.308. The number of anilines is 1. The zero-order chi connectivity index (χ0) is 21.6. The number of ether oxygens (including phenoxy) is 1. The summed E-state index contributed by atoms with van der Waals surface area (Å²) in [5.41, 5.74) is 1.95. The highest BCUT2D eigenvalue weighted by Crippen LogP contribution is 2.34. The van der Waals surface area contributed by atoms with Crippen LogP contribution in [-0.2, 0) is 6.54 Å². The van der Waals surface area contributed by atoms with Crippen molar-refractivity contribution < 1.29 is 14.3 Å². The van der Waals surface area contributed by atoms with Gasteiger partial charge in [-0.1, -0.05) is 0 Å². The summed E-state index contributed by atoms with van der Waals surface area (Å²) in [4.78, 5) is 36.2. The molecule has 0 aliphatic carbocycles. The monoisotopic (exact) mass is 408 g/mol. The van der Waals surface area contributed by atoms with Crippen LogP contribution in [0.4, 0.5) is 5.69 Å². The zero-order valence-electron chi connectivity index (χ0n) is 17.6. The molecule has 0 unspecified atom stereocenters. The van der Waals surface area contributed by atoms with E-state index in [1.807, 2.05) is 34.6 Å². The van der Waals surface area contributed by atoms with Gasteiger partial charge in [0.05, 0.1) is 12.3 Å². The number of carbonyl (C=O) groups is 2. The Morgan fingerprint density at radius 2 is 2.07 bits per heavy atom. The Morgan fingerprint density at radius 3 is 2.77 bits per heavy atom. The van der Waals surface area contributed by atoms with Crippen molar-refractivity contribution in [2.24, 2.45) is 0 Å². The lowest BCUT2D eigenvalue weighted by Gasteiger charge is -2.31. The van der Waals surface area contributed by atoms with Crippen LogP contribution >= 0.6 is 0 Å². The van der Waals surface area contributed by atoms with Gasteiger partial charge in [-0.3, -0.25) is 9.59 Å². The number of fused-ring (bicyclic) bond motifs is 2. The molecule has 1 N–H and O–H groups in total. The molecule has 0 fully saturated rings. The summed E-state index contributed by atoms with van der Waals surface area (Å²) in [5, 5.41) is 7.01. The first-order valence-corrected chi connectivity index (χ1v) is 9.77. The molecule has 9 nitrogen and oxygen atoms in total. The number of carbonyl (C=O) groups excluding carboxylic acids is 2. The molecule has 0 bridgehead atoms. The van der Waals surface area contributed by atoms with Gasteiger partial charge in [0.2, 0.25) is 5.88 Å². The lowest BCUT2D eigenvalue weighted by molar-refractivity contribution is 0.0604. The highest BCUT2D eigenvalue weighted by atomic mass is 16.5. The fourth-order valence-electron chi connectivity index (χ4n) is 3.34. The molecule has 3 aromatic rings. The molecule has 0 aromatic carbocycles. The molecule has 156 valence electrons. The lowest BCUT2D eigenvalue weighted by Crippen LogP contribution is -2.41. The molecular weight excluding hydrogens is 384 g/mol. The van der Waals surface area contributed by atoms with Gasteiger partial charge in [0.1, 0.15) is 16.9 Å². The van der Waals surface area contributed by atoms with E-state index in [0.29, 0.717) is 29.1 Å². The standard InChI is InChI=1S/C21H24N6O3/c1-12(2)30-19-15(9-13-11-26(21(3,4)5)20(29)16(13)25-19)24-18(28)14-10-23-27-8-6-7-22-17(14)27/h6-10,12H,11H2,1-5H3,(H,24,28). The van der Waals surface area contributed by atoms with Crippen LogP contribution in [-0.4, -0.2) is 47.9 Å². The predicted octanol–water partition coefficient (Wildman–Crippen LogP) is 2.92. The Bertz CT molecular complexity index is 1150. The van der Waals surface area contributed by atoms with Crippen molar-refractivity contribution in [3.63, 3.8) is 0 Å². The van der Waals surface area contributed by atoms with Gasteiger partial charge in [-0.25, -0.2) is 14.5 Å². The number of aromatic nitrogens is 4. The van der Waals surface area contributed by atoms with Crippen LogP contribution in [0.25, 0.3) is 5.65 Å². The summed E-state index contributed by atoms with van der Waals surface area (Å²) < 4.78 is 7.34. The van der Waals surface area contributed by atoms with Gasteiger partial charge in [-0.05, 0) is 46.8 Å².